The molecule has 2 aliphatic rings. The summed E-state index contributed by atoms with van der Waals surface area (Å²) in [6, 6.07) is 17.6. The third-order valence-electron chi connectivity index (χ3n) is 6.18. The van der Waals surface area contributed by atoms with Crippen LogP contribution in [0.3, 0.4) is 0 Å². The van der Waals surface area contributed by atoms with E-state index in [1.165, 1.54) is 7.05 Å². The molecular formula is C27H22N4O3. The summed E-state index contributed by atoms with van der Waals surface area (Å²) in [5.74, 6) is -0.162. The maximum atomic E-state index is 13.0. The van der Waals surface area contributed by atoms with Crippen LogP contribution in [0.25, 0.3) is 23.0 Å². The number of fused-ring (bicyclic) bond motifs is 1. The molecule has 5 rings (SSSR count). The van der Waals surface area contributed by atoms with Crippen LogP contribution in [-0.4, -0.2) is 39.6 Å². The molecule has 0 N–H and O–H groups in total. The second-order valence-electron chi connectivity index (χ2n) is 8.51. The summed E-state index contributed by atoms with van der Waals surface area (Å²) in [4.78, 5) is 26.3. The SMILES string of the molecule is CC1=C(C#N)C(=O)N(C)C(=O)C1=Cc1cn(-c2ccccc2)nc1-c1ccc2c(c1)CC(C)O2. The van der Waals surface area contributed by atoms with Crippen molar-refractivity contribution < 1.29 is 14.3 Å². The smallest absolute Gasteiger partial charge is 0.271 e. The highest BCUT2D eigenvalue weighted by molar-refractivity contribution is 6.19. The van der Waals surface area contributed by atoms with Crippen LogP contribution in [0.15, 0.2) is 71.4 Å². The molecule has 34 heavy (non-hydrogen) atoms. The van der Waals surface area contributed by atoms with Crippen molar-refractivity contribution in [2.75, 3.05) is 7.05 Å². The number of hydrogen-bond acceptors (Lipinski definition) is 5. The number of carbonyl (C=O) groups excluding carboxylic acids is 2. The fraction of sp³-hybridized carbons (Fsp3) is 0.185. The summed E-state index contributed by atoms with van der Waals surface area (Å²) >= 11 is 0. The number of nitrogens with zero attached hydrogens (tertiary/aromatic N) is 4. The van der Waals surface area contributed by atoms with Crippen molar-refractivity contribution >= 4 is 17.9 Å². The van der Waals surface area contributed by atoms with E-state index >= 15 is 0 Å². The van der Waals surface area contributed by atoms with Crippen molar-refractivity contribution in [3.63, 3.8) is 0 Å². The molecule has 1 atom stereocenters. The van der Waals surface area contributed by atoms with E-state index < -0.39 is 11.8 Å². The van der Waals surface area contributed by atoms with E-state index in [2.05, 4.69) is 6.07 Å². The van der Waals surface area contributed by atoms with Crippen LogP contribution in [-0.2, 0) is 16.0 Å². The van der Waals surface area contributed by atoms with Crippen molar-refractivity contribution in [1.82, 2.24) is 14.7 Å². The van der Waals surface area contributed by atoms with E-state index in [-0.39, 0.29) is 11.7 Å². The fourth-order valence-electron chi connectivity index (χ4n) is 4.35. The summed E-state index contributed by atoms with van der Waals surface area (Å²) in [6.45, 7) is 3.66. The average Bonchev–Trinajstić information content (AvgIpc) is 3.43. The third-order valence-corrected chi connectivity index (χ3v) is 6.18. The highest BCUT2D eigenvalue weighted by atomic mass is 16.5. The second-order valence-corrected chi connectivity index (χ2v) is 8.51. The molecule has 1 unspecified atom stereocenters. The maximum Gasteiger partial charge on any atom is 0.271 e. The summed E-state index contributed by atoms with van der Waals surface area (Å²) in [6.07, 6.45) is 4.51. The number of amides is 2. The van der Waals surface area contributed by atoms with Crippen LogP contribution in [0.2, 0.25) is 0 Å². The summed E-state index contributed by atoms with van der Waals surface area (Å²) < 4.78 is 7.61. The predicted molar refractivity (Wildman–Crippen MR) is 127 cm³/mol. The van der Waals surface area contributed by atoms with Crippen molar-refractivity contribution in [3.8, 4) is 28.8 Å². The molecular weight excluding hydrogens is 428 g/mol. The first-order valence-electron chi connectivity index (χ1n) is 11.0. The lowest BCUT2D eigenvalue weighted by Gasteiger charge is -2.23. The van der Waals surface area contributed by atoms with Gasteiger partial charge in [-0.15, -0.1) is 0 Å². The van der Waals surface area contributed by atoms with Crippen LogP contribution in [0.4, 0.5) is 0 Å². The van der Waals surface area contributed by atoms with Crippen molar-refractivity contribution in [2.45, 2.75) is 26.4 Å². The summed E-state index contributed by atoms with van der Waals surface area (Å²) in [7, 11) is 1.39. The molecule has 7 heteroatoms. The molecule has 0 fully saturated rings. The Morgan fingerprint density at radius 1 is 1.15 bits per heavy atom. The molecule has 7 nitrogen and oxygen atoms in total. The highest BCUT2D eigenvalue weighted by Crippen LogP contribution is 2.35. The number of carbonyl (C=O) groups is 2. The first kappa shape index (κ1) is 21.4. The van der Waals surface area contributed by atoms with Gasteiger partial charge in [0, 0.05) is 36.4 Å². The van der Waals surface area contributed by atoms with Gasteiger partial charge in [-0.2, -0.15) is 10.4 Å². The first-order valence-corrected chi connectivity index (χ1v) is 11.0. The van der Waals surface area contributed by atoms with Crippen LogP contribution >= 0.6 is 0 Å². The second kappa shape index (κ2) is 8.16. The molecule has 0 saturated heterocycles. The van der Waals surface area contributed by atoms with E-state index in [0.29, 0.717) is 22.4 Å². The molecule has 2 aliphatic heterocycles. The number of aromatic nitrogens is 2. The van der Waals surface area contributed by atoms with Gasteiger partial charge in [-0.25, -0.2) is 4.68 Å². The number of nitriles is 1. The van der Waals surface area contributed by atoms with Crippen LogP contribution in [0.1, 0.15) is 25.0 Å². The Hall–Kier alpha value is -4.44. The Bertz CT molecular complexity index is 1440. The van der Waals surface area contributed by atoms with Gasteiger partial charge in [-0.05, 0) is 61.4 Å². The number of hydrogen-bond donors (Lipinski definition) is 0. The molecule has 2 aromatic carbocycles. The van der Waals surface area contributed by atoms with Gasteiger partial charge in [0.25, 0.3) is 11.8 Å². The Morgan fingerprint density at radius 3 is 2.65 bits per heavy atom. The van der Waals surface area contributed by atoms with Crippen LogP contribution in [0.5, 0.6) is 5.75 Å². The van der Waals surface area contributed by atoms with Gasteiger partial charge in [0.1, 0.15) is 23.5 Å². The van der Waals surface area contributed by atoms with E-state index in [1.807, 2.05) is 61.7 Å². The minimum Gasteiger partial charge on any atom is -0.490 e. The number of imide groups is 1. The minimum absolute atomic E-state index is 0.0333. The predicted octanol–water partition coefficient (Wildman–Crippen LogP) is 4.08. The molecule has 3 heterocycles. The average molecular weight is 450 g/mol. The fourth-order valence-corrected chi connectivity index (χ4v) is 4.35. The normalized spacial score (nSPS) is 18.8. The standard InChI is InChI=1S/C27H22N4O3/c1-16-11-19-12-18(9-10-24(19)34-16)25-20(15-31(29-25)21-7-5-4-6-8-21)13-22-17(2)23(14-28)27(33)30(3)26(22)32/h4-10,12-13,15-16H,11H2,1-3H3. The monoisotopic (exact) mass is 450 g/mol. The van der Waals surface area contributed by atoms with Gasteiger partial charge in [0.2, 0.25) is 0 Å². The lowest BCUT2D eigenvalue weighted by molar-refractivity contribution is -0.138. The molecule has 2 amide bonds. The first-order chi connectivity index (χ1) is 16.4. The molecule has 0 spiro atoms. The zero-order valence-corrected chi connectivity index (χ0v) is 19.1. The molecule has 3 aromatic rings. The lowest BCUT2D eigenvalue weighted by atomic mass is 9.93. The zero-order chi connectivity index (χ0) is 24.0. The van der Waals surface area contributed by atoms with Crippen molar-refractivity contribution in [1.29, 1.82) is 5.26 Å². The van der Waals surface area contributed by atoms with E-state index in [9.17, 15) is 14.9 Å². The molecule has 168 valence electrons. The number of rotatable bonds is 3. The van der Waals surface area contributed by atoms with E-state index in [1.54, 1.807) is 17.7 Å². The van der Waals surface area contributed by atoms with Gasteiger partial charge in [-0.1, -0.05) is 18.2 Å². The van der Waals surface area contributed by atoms with E-state index in [4.69, 9.17) is 9.84 Å². The number of likely N-dealkylation sites (N-methyl/N-ethyl adjacent to an activating group) is 1. The molecule has 0 aliphatic carbocycles. The Kier molecular flexibility index (Phi) is 5.14. The van der Waals surface area contributed by atoms with Gasteiger partial charge < -0.3 is 4.74 Å². The van der Waals surface area contributed by atoms with Crippen LogP contribution < -0.4 is 4.74 Å². The summed E-state index contributed by atoms with van der Waals surface area (Å²) in [5.41, 5.74) is 4.91. The lowest BCUT2D eigenvalue weighted by Crippen LogP contribution is -2.39. The zero-order valence-electron chi connectivity index (χ0n) is 19.1. The van der Waals surface area contributed by atoms with Gasteiger partial charge in [0.05, 0.1) is 11.4 Å². The Balaban J connectivity index is 1.70. The van der Waals surface area contributed by atoms with Gasteiger partial charge in [-0.3, -0.25) is 14.5 Å². The Morgan fingerprint density at radius 2 is 1.91 bits per heavy atom. The topological polar surface area (TPSA) is 88.2 Å². The summed E-state index contributed by atoms with van der Waals surface area (Å²) in [5, 5.41) is 14.3. The number of para-hydroxylation sites is 1. The third kappa shape index (κ3) is 3.50. The quantitative estimate of drug-likeness (QED) is 0.443. The highest BCUT2D eigenvalue weighted by Gasteiger charge is 2.33. The van der Waals surface area contributed by atoms with E-state index in [0.717, 1.165) is 33.9 Å². The molecule has 0 saturated carbocycles. The number of ether oxygens (including phenoxy) is 1. The van der Waals surface area contributed by atoms with Crippen LogP contribution in [0, 0.1) is 11.3 Å². The minimum atomic E-state index is -0.588. The van der Waals surface area contributed by atoms with Gasteiger partial charge >= 0.3 is 0 Å². The van der Waals surface area contributed by atoms with Crippen molar-refractivity contribution in [2.24, 2.45) is 0 Å². The molecule has 0 radical (unpaired) electrons. The molecule has 1 aromatic heterocycles. The van der Waals surface area contributed by atoms with Crippen molar-refractivity contribution in [3.05, 3.63) is 82.6 Å². The Labute approximate surface area is 197 Å². The number of benzene rings is 2. The molecule has 0 bridgehead atoms. The largest absolute Gasteiger partial charge is 0.490 e. The van der Waals surface area contributed by atoms with Gasteiger partial charge in [0.15, 0.2) is 0 Å². The maximum absolute atomic E-state index is 13.0.